The first-order valence-electron chi connectivity index (χ1n) is 6.56. The molecule has 0 saturated heterocycles. The normalized spacial score (nSPS) is 10.5. The van der Waals surface area contributed by atoms with Crippen LogP contribution in [0.15, 0.2) is 12.4 Å². The van der Waals surface area contributed by atoms with Gasteiger partial charge in [-0.1, -0.05) is 37.8 Å². The number of amides is 1. The molecule has 1 heterocycles. The van der Waals surface area contributed by atoms with E-state index in [2.05, 4.69) is 16.9 Å². The smallest absolute Gasteiger partial charge is 0.274 e. The van der Waals surface area contributed by atoms with Crippen LogP contribution in [0.25, 0.3) is 0 Å². The first-order chi connectivity index (χ1) is 9.19. The summed E-state index contributed by atoms with van der Waals surface area (Å²) in [6.07, 6.45) is 7.03. The second-order valence-electron chi connectivity index (χ2n) is 4.30. The molecule has 6 heteroatoms. The lowest BCUT2D eigenvalue weighted by Crippen LogP contribution is -2.35. The standard InChI is InChI=1S/C13H20ClN3O2/c1-2-3-4-5-6-17(7-8-18)13(19)11-9-16-12(14)10-15-11/h9-10,18H,2-8H2,1H3. The summed E-state index contributed by atoms with van der Waals surface area (Å²) in [7, 11) is 0. The Balaban J connectivity index is 2.58. The van der Waals surface area contributed by atoms with Crippen LogP contribution in [0.2, 0.25) is 5.15 Å². The molecule has 19 heavy (non-hydrogen) atoms. The van der Waals surface area contributed by atoms with E-state index in [9.17, 15) is 4.79 Å². The van der Waals surface area contributed by atoms with E-state index in [-0.39, 0.29) is 23.4 Å². The summed E-state index contributed by atoms with van der Waals surface area (Å²) in [6.45, 7) is 3.03. The molecular weight excluding hydrogens is 266 g/mol. The van der Waals surface area contributed by atoms with Crippen LogP contribution in [0, 0.1) is 0 Å². The fourth-order valence-electron chi connectivity index (χ4n) is 1.75. The molecule has 0 saturated carbocycles. The Labute approximate surface area is 118 Å². The molecule has 0 unspecified atom stereocenters. The molecule has 0 aliphatic rings. The van der Waals surface area contributed by atoms with E-state index in [4.69, 9.17) is 16.7 Å². The van der Waals surface area contributed by atoms with Crippen molar-refractivity contribution in [3.8, 4) is 0 Å². The van der Waals surface area contributed by atoms with Crippen LogP contribution < -0.4 is 0 Å². The quantitative estimate of drug-likeness (QED) is 0.743. The van der Waals surface area contributed by atoms with Crippen molar-refractivity contribution in [3.63, 3.8) is 0 Å². The molecule has 0 radical (unpaired) electrons. The number of hydrogen-bond donors (Lipinski definition) is 1. The Morgan fingerprint density at radius 2 is 2.05 bits per heavy atom. The number of aromatic nitrogens is 2. The van der Waals surface area contributed by atoms with Crippen molar-refractivity contribution in [1.29, 1.82) is 0 Å². The Kier molecular flexibility index (Phi) is 7.36. The molecule has 1 aromatic rings. The van der Waals surface area contributed by atoms with Gasteiger partial charge in [-0.05, 0) is 6.42 Å². The van der Waals surface area contributed by atoms with Crippen LogP contribution in [0.5, 0.6) is 0 Å². The molecule has 0 aliphatic carbocycles. The van der Waals surface area contributed by atoms with E-state index in [0.29, 0.717) is 13.1 Å². The molecule has 0 bridgehead atoms. The summed E-state index contributed by atoms with van der Waals surface area (Å²) in [5, 5.41) is 9.29. The third-order valence-corrected chi connectivity index (χ3v) is 2.97. The molecular formula is C13H20ClN3O2. The van der Waals surface area contributed by atoms with Crippen molar-refractivity contribution >= 4 is 17.5 Å². The lowest BCUT2D eigenvalue weighted by molar-refractivity contribution is 0.0712. The van der Waals surface area contributed by atoms with Crippen molar-refractivity contribution in [1.82, 2.24) is 14.9 Å². The topological polar surface area (TPSA) is 66.3 Å². The van der Waals surface area contributed by atoms with Gasteiger partial charge in [0.15, 0.2) is 0 Å². The van der Waals surface area contributed by atoms with Gasteiger partial charge >= 0.3 is 0 Å². The molecule has 0 atom stereocenters. The second kappa shape index (κ2) is 8.82. The first-order valence-corrected chi connectivity index (χ1v) is 6.94. The van der Waals surface area contributed by atoms with Crippen LogP contribution in [0.4, 0.5) is 0 Å². The maximum absolute atomic E-state index is 12.2. The minimum absolute atomic E-state index is 0.0550. The van der Waals surface area contributed by atoms with Crippen LogP contribution in [-0.4, -0.2) is 45.6 Å². The van der Waals surface area contributed by atoms with Gasteiger partial charge in [-0.25, -0.2) is 9.97 Å². The first kappa shape index (κ1) is 15.9. The number of unbranched alkanes of at least 4 members (excludes halogenated alkanes) is 3. The van der Waals surface area contributed by atoms with Crippen molar-refractivity contribution in [2.45, 2.75) is 32.6 Å². The number of hydrogen-bond acceptors (Lipinski definition) is 4. The number of aliphatic hydroxyl groups excluding tert-OH is 1. The van der Waals surface area contributed by atoms with E-state index in [0.717, 1.165) is 25.7 Å². The zero-order valence-corrected chi connectivity index (χ0v) is 11.9. The summed E-state index contributed by atoms with van der Waals surface area (Å²) >= 11 is 5.64. The van der Waals surface area contributed by atoms with Crippen LogP contribution in [0.1, 0.15) is 43.1 Å². The van der Waals surface area contributed by atoms with Gasteiger partial charge in [0, 0.05) is 13.1 Å². The van der Waals surface area contributed by atoms with E-state index in [1.807, 2.05) is 0 Å². The van der Waals surface area contributed by atoms with E-state index in [1.54, 1.807) is 4.90 Å². The SMILES string of the molecule is CCCCCCN(CCO)C(=O)c1cnc(Cl)cn1. The van der Waals surface area contributed by atoms with Gasteiger partial charge in [0.25, 0.3) is 5.91 Å². The minimum atomic E-state index is -0.213. The highest BCUT2D eigenvalue weighted by Crippen LogP contribution is 2.07. The Morgan fingerprint density at radius 1 is 1.26 bits per heavy atom. The van der Waals surface area contributed by atoms with Gasteiger partial charge in [-0.3, -0.25) is 4.79 Å². The van der Waals surface area contributed by atoms with Gasteiger partial charge in [0.1, 0.15) is 10.8 Å². The number of aliphatic hydroxyl groups is 1. The third kappa shape index (κ3) is 5.53. The van der Waals surface area contributed by atoms with Crippen molar-refractivity contribution in [3.05, 3.63) is 23.2 Å². The van der Waals surface area contributed by atoms with Crippen molar-refractivity contribution in [2.75, 3.05) is 19.7 Å². The number of carbonyl (C=O) groups is 1. The van der Waals surface area contributed by atoms with E-state index in [1.165, 1.54) is 12.4 Å². The molecule has 1 amide bonds. The molecule has 1 aromatic heterocycles. The third-order valence-electron chi connectivity index (χ3n) is 2.78. The second-order valence-corrected chi connectivity index (χ2v) is 4.69. The number of rotatable bonds is 8. The summed E-state index contributed by atoms with van der Waals surface area (Å²) in [5.41, 5.74) is 0.258. The average Bonchev–Trinajstić information content (AvgIpc) is 2.42. The molecule has 0 aromatic carbocycles. The highest BCUT2D eigenvalue weighted by atomic mass is 35.5. The molecule has 0 fully saturated rings. The summed E-state index contributed by atoms with van der Waals surface area (Å²) in [6, 6.07) is 0. The largest absolute Gasteiger partial charge is 0.395 e. The highest BCUT2D eigenvalue weighted by molar-refractivity contribution is 6.29. The minimum Gasteiger partial charge on any atom is -0.395 e. The van der Waals surface area contributed by atoms with Gasteiger partial charge in [0.2, 0.25) is 0 Å². The summed E-state index contributed by atoms with van der Waals surface area (Å²) < 4.78 is 0. The lowest BCUT2D eigenvalue weighted by atomic mass is 10.2. The number of nitrogens with zero attached hydrogens (tertiary/aromatic N) is 3. The zero-order valence-electron chi connectivity index (χ0n) is 11.2. The Hall–Kier alpha value is -1.20. The van der Waals surface area contributed by atoms with Crippen molar-refractivity contribution in [2.24, 2.45) is 0 Å². The fraction of sp³-hybridized carbons (Fsp3) is 0.615. The Bertz CT molecular complexity index is 384. The average molecular weight is 286 g/mol. The van der Waals surface area contributed by atoms with Gasteiger partial charge in [0.05, 0.1) is 19.0 Å². The predicted molar refractivity (Wildman–Crippen MR) is 74.2 cm³/mol. The molecule has 0 spiro atoms. The van der Waals surface area contributed by atoms with Crippen LogP contribution in [-0.2, 0) is 0 Å². The molecule has 0 aliphatic heterocycles. The summed E-state index contributed by atoms with van der Waals surface area (Å²) in [5.74, 6) is -0.213. The number of carbonyl (C=O) groups excluding carboxylic acids is 1. The molecule has 106 valence electrons. The molecule has 5 nitrogen and oxygen atoms in total. The predicted octanol–water partition coefficient (Wildman–Crippen LogP) is 2.14. The fourth-order valence-corrected chi connectivity index (χ4v) is 1.85. The lowest BCUT2D eigenvalue weighted by Gasteiger charge is -2.21. The Morgan fingerprint density at radius 3 is 2.63 bits per heavy atom. The van der Waals surface area contributed by atoms with Crippen LogP contribution >= 0.6 is 11.6 Å². The zero-order chi connectivity index (χ0) is 14.1. The maximum Gasteiger partial charge on any atom is 0.274 e. The highest BCUT2D eigenvalue weighted by Gasteiger charge is 2.16. The van der Waals surface area contributed by atoms with Gasteiger partial charge in [-0.15, -0.1) is 0 Å². The molecule has 1 rings (SSSR count). The van der Waals surface area contributed by atoms with Gasteiger partial charge < -0.3 is 10.0 Å². The van der Waals surface area contributed by atoms with Gasteiger partial charge in [-0.2, -0.15) is 0 Å². The van der Waals surface area contributed by atoms with Crippen LogP contribution in [0.3, 0.4) is 0 Å². The number of halogens is 1. The monoisotopic (exact) mass is 285 g/mol. The summed E-state index contributed by atoms with van der Waals surface area (Å²) in [4.78, 5) is 21.6. The maximum atomic E-state index is 12.2. The molecule has 1 N–H and O–H groups in total. The van der Waals surface area contributed by atoms with E-state index >= 15 is 0 Å². The van der Waals surface area contributed by atoms with Crippen molar-refractivity contribution < 1.29 is 9.90 Å². The van der Waals surface area contributed by atoms with E-state index < -0.39 is 0 Å².